The third-order valence-corrected chi connectivity index (χ3v) is 20.6. The van der Waals surface area contributed by atoms with Crippen LogP contribution in [-0.2, 0) is 62.2 Å². The van der Waals surface area contributed by atoms with Crippen LogP contribution in [-0.4, -0.2) is 172 Å². The number of hydrogen-bond donors (Lipinski definition) is 3. The fourth-order valence-corrected chi connectivity index (χ4v) is 15.4. The first-order valence-corrected chi connectivity index (χ1v) is 36.3. The Hall–Kier alpha value is -7.03. The largest absolute Gasteiger partial charge is 0.385 e. The van der Waals surface area contributed by atoms with Gasteiger partial charge in [-0.15, -0.1) is 0 Å². The predicted octanol–water partition coefficient (Wildman–Crippen LogP) is 10.1. The summed E-state index contributed by atoms with van der Waals surface area (Å²) in [4.78, 5) is 154. The van der Waals surface area contributed by atoms with Gasteiger partial charge in [0.15, 0.2) is 23.1 Å². The number of hydrogen-bond acceptors (Lipinski definition) is 14. The number of nitrogens with zero attached hydrogens (tertiary/aromatic N) is 4. The number of aliphatic hydroxyl groups excluding tert-OH is 1. The summed E-state index contributed by atoms with van der Waals surface area (Å²) in [6.07, 6.45) is 19.7. The van der Waals surface area contributed by atoms with Crippen molar-refractivity contribution in [2.24, 2.45) is 35.5 Å². The zero-order chi connectivity index (χ0) is 71.4. The van der Waals surface area contributed by atoms with Crippen LogP contribution >= 0.6 is 0 Å². The Morgan fingerprint density at radius 3 is 1.34 bits per heavy atom. The van der Waals surface area contributed by atoms with Crippen molar-refractivity contribution in [2.45, 2.75) is 249 Å². The minimum Gasteiger partial charge on any atom is -0.385 e. The van der Waals surface area contributed by atoms with Crippen LogP contribution in [0.5, 0.6) is 0 Å². The average Bonchev–Trinajstić information content (AvgIpc) is 1.61. The highest BCUT2D eigenvalue weighted by Gasteiger charge is 2.57. The number of rotatable bonds is 16. The van der Waals surface area contributed by atoms with E-state index in [4.69, 9.17) is 9.47 Å². The number of allylic oxidation sites excluding steroid dienone is 4. The zero-order valence-corrected chi connectivity index (χ0v) is 60.0. The van der Waals surface area contributed by atoms with E-state index in [-0.39, 0.29) is 110 Å². The number of likely N-dealkylation sites (N-methyl/N-ethyl adjacent to an activating group) is 2. The second kappa shape index (κ2) is 36.9. The third-order valence-electron chi connectivity index (χ3n) is 20.6. The molecule has 20 nitrogen and oxygen atoms in total. The lowest BCUT2D eigenvalue weighted by atomic mass is 9.82. The Labute approximate surface area is 581 Å². The Morgan fingerprint density at radius 2 is 0.918 bits per heavy atom. The Kier molecular flexibility index (Phi) is 29.5. The first-order chi connectivity index (χ1) is 46.6. The molecule has 6 heterocycles. The van der Waals surface area contributed by atoms with Gasteiger partial charge in [-0.2, -0.15) is 0 Å². The average molecular weight is 1360 g/mol. The highest BCUT2D eigenvalue weighted by atomic mass is 16.5. The van der Waals surface area contributed by atoms with E-state index in [1.807, 2.05) is 53.7 Å². The summed E-state index contributed by atoms with van der Waals surface area (Å²) in [7, 11) is 6.42. The first-order valence-electron chi connectivity index (χ1n) is 36.3. The molecule has 13 atom stereocenters. The molecule has 3 N–H and O–H groups in total. The molecule has 8 rings (SSSR count). The molecule has 0 aromatic heterocycles. The van der Waals surface area contributed by atoms with Gasteiger partial charge >= 0.3 is 0 Å². The fourth-order valence-electron chi connectivity index (χ4n) is 15.4. The number of carbonyl (C=O) groups is 11. The van der Waals surface area contributed by atoms with Crippen molar-refractivity contribution >= 4 is 64.4 Å². The number of ether oxygens (including phenoxy) is 2. The van der Waals surface area contributed by atoms with E-state index in [9.17, 15) is 57.8 Å². The number of benzene rings is 2. The van der Waals surface area contributed by atoms with Crippen LogP contribution in [0.25, 0.3) is 0 Å². The number of carbonyl (C=O) groups excluding carboxylic acids is 11. The third kappa shape index (κ3) is 22.0. The Morgan fingerprint density at radius 1 is 0.531 bits per heavy atom. The number of amides is 6. The van der Waals surface area contributed by atoms with Gasteiger partial charge in [0.25, 0.3) is 0 Å². The van der Waals surface area contributed by atoms with E-state index in [1.54, 1.807) is 86.5 Å². The lowest BCUT2D eigenvalue weighted by Gasteiger charge is -2.32. The van der Waals surface area contributed by atoms with Gasteiger partial charge in [0.05, 0.1) is 35.5 Å². The van der Waals surface area contributed by atoms with Crippen LogP contribution in [0.15, 0.2) is 85.0 Å². The molecule has 4 saturated heterocycles. The summed E-state index contributed by atoms with van der Waals surface area (Å²) in [5.74, 6) is -6.13. The van der Waals surface area contributed by atoms with E-state index in [0.717, 1.165) is 83.5 Å². The molecule has 2 aromatic rings. The number of nitrogens with one attached hydrogen (secondary N) is 2. The van der Waals surface area contributed by atoms with Gasteiger partial charge in [0.2, 0.25) is 41.2 Å². The Bertz CT molecular complexity index is 3140. The number of aliphatic hydroxyl groups is 1. The maximum absolute atomic E-state index is 14.2. The predicted molar refractivity (Wildman–Crippen MR) is 373 cm³/mol. The maximum atomic E-state index is 14.2. The van der Waals surface area contributed by atoms with Crippen molar-refractivity contribution in [2.75, 3.05) is 41.3 Å². The van der Waals surface area contributed by atoms with Crippen molar-refractivity contribution in [1.82, 2.24) is 30.2 Å². The lowest BCUT2D eigenvalue weighted by Crippen LogP contribution is -2.47. The number of fused-ring (bicyclic) bond motifs is 6. The van der Waals surface area contributed by atoms with Crippen molar-refractivity contribution < 1.29 is 67.3 Å². The molecule has 6 amide bonds. The van der Waals surface area contributed by atoms with E-state index in [1.165, 1.54) is 9.80 Å². The molecule has 0 spiro atoms. The van der Waals surface area contributed by atoms with Gasteiger partial charge in [-0.3, -0.25) is 52.7 Å². The smallest absolute Gasteiger partial charge is 0.249 e. The summed E-state index contributed by atoms with van der Waals surface area (Å²) in [5.41, 5.74) is 0.421. The van der Waals surface area contributed by atoms with E-state index in [0.29, 0.717) is 56.3 Å². The summed E-state index contributed by atoms with van der Waals surface area (Å²) in [6, 6.07) is 14.6. The standard InChI is InChI=1S/C39H57N3O7.C39H55N3O7/c2*1-26-17-13-10-8-6-7-9-11-14-20-28(23-31(44)35-29-24-39(2,3)49-32(29)25-42(35)37(26)47)36(46)30(43)21-22-33(45)40-34(38(48)41(4)5)27-18-15-12-16-19-27/h6-7,12,15-16,18-19,26,28-29,32,34-36,46H,8-11,13-14,17,20-25H2,1-5H3,(H,40,45);6-7,12,15-16,18-19,26,28-29,32,34-35H,8-11,13-14,17,20-25H2,1-5H3,(H,40,45)/t26-,28+,29-,32?,34-,35?,36?;26-,28+,29-,32?,34-,35?/m00/s1. The minimum absolute atomic E-state index is 0.0326. The van der Waals surface area contributed by atoms with Gasteiger partial charge in [0, 0.05) is 109 Å². The molecule has 20 heteroatoms. The molecule has 6 aliphatic heterocycles. The van der Waals surface area contributed by atoms with Crippen LogP contribution in [0.2, 0.25) is 0 Å². The zero-order valence-electron chi connectivity index (χ0n) is 60.0. The van der Waals surface area contributed by atoms with Crippen LogP contribution in [0.4, 0.5) is 0 Å². The SMILES string of the molecule is C[C@H]1CCCCC=CCCCC[C@@H](C(=O)C(=O)CCC(=O)N[C@H](C(=O)N(C)C)c2ccccc2)CC(=O)C2[C@H]3CC(C)(C)OC3CN2C1=O.C[C@H]1CCCCC=CCCCC[C@@H](C(O)C(=O)CCC(=O)N[C@H](C(=O)N(C)C)c2ccccc2)CC(=O)C2[C@H]3CC(C)(C)OC3CN2C1=O. The molecule has 538 valence electrons. The lowest BCUT2D eigenvalue weighted by molar-refractivity contribution is -0.144. The van der Waals surface area contributed by atoms with Crippen molar-refractivity contribution in [3.05, 3.63) is 96.1 Å². The molecule has 0 saturated carbocycles. The molecule has 2 aromatic carbocycles. The minimum atomic E-state index is -1.43. The molecular formula is C78H112N6O14. The van der Waals surface area contributed by atoms with Gasteiger partial charge in [0.1, 0.15) is 18.2 Å². The molecule has 0 bridgehead atoms. The van der Waals surface area contributed by atoms with Gasteiger partial charge in [-0.05, 0) is 135 Å². The second-order valence-corrected chi connectivity index (χ2v) is 30.1. The second-order valence-electron chi connectivity index (χ2n) is 30.1. The highest BCUT2D eigenvalue weighted by molar-refractivity contribution is 6.38. The fraction of sp³-hybridized carbons (Fsp3) is 0.654. The van der Waals surface area contributed by atoms with Crippen molar-refractivity contribution in [3.8, 4) is 0 Å². The molecule has 5 unspecified atom stereocenters. The van der Waals surface area contributed by atoms with Gasteiger partial charge < -0.3 is 44.8 Å². The van der Waals surface area contributed by atoms with Gasteiger partial charge in [-0.25, -0.2) is 0 Å². The summed E-state index contributed by atoms with van der Waals surface area (Å²) < 4.78 is 12.6. The molecule has 0 aliphatic carbocycles. The normalized spacial score (nSPS) is 27.4. The van der Waals surface area contributed by atoms with Crippen LogP contribution in [0.1, 0.15) is 219 Å². The quantitative estimate of drug-likeness (QED) is 0.104. The van der Waals surface area contributed by atoms with E-state index < -0.39 is 82.5 Å². The van der Waals surface area contributed by atoms with Crippen LogP contribution < -0.4 is 10.6 Å². The van der Waals surface area contributed by atoms with E-state index >= 15 is 0 Å². The monoisotopic (exact) mass is 1360 g/mol. The number of Topliss-reactive ketones (excluding diaryl/α,β-unsaturated/α-hetero) is 5. The Balaban J connectivity index is 0.000000276. The topological polar surface area (TPSA) is 263 Å². The molecule has 4 fully saturated rings. The molecular weight excluding hydrogens is 1240 g/mol. The van der Waals surface area contributed by atoms with Crippen molar-refractivity contribution in [3.63, 3.8) is 0 Å². The van der Waals surface area contributed by atoms with Gasteiger partial charge in [-0.1, -0.05) is 124 Å². The number of ketones is 5. The van der Waals surface area contributed by atoms with Crippen LogP contribution in [0, 0.1) is 35.5 Å². The summed E-state index contributed by atoms with van der Waals surface area (Å²) in [6.45, 7) is 12.6. The molecule has 98 heavy (non-hydrogen) atoms. The summed E-state index contributed by atoms with van der Waals surface area (Å²) >= 11 is 0. The highest BCUT2D eigenvalue weighted by Crippen LogP contribution is 2.46. The first kappa shape index (κ1) is 78.3. The molecule has 0 radical (unpaired) electrons. The summed E-state index contributed by atoms with van der Waals surface area (Å²) in [5, 5.41) is 16.9. The van der Waals surface area contributed by atoms with E-state index in [2.05, 4.69) is 34.9 Å². The molecule has 6 aliphatic rings. The van der Waals surface area contributed by atoms with Crippen molar-refractivity contribution in [1.29, 1.82) is 0 Å². The maximum Gasteiger partial charge on any atom is 0.249 e. The van der Waals surface area contributed by atoms with Crippen LogP contribution in [0.3, 0.4) is 0 Å².